The molecule has 5 rings (SSSR count). The second-order valence-electron chi connectivity index (χ2n) is 9.60. The maximum absolute atomic E-state index is 13.0. The molecule has 0 spiro atoms. The van der Waals surface area contributed by atoms with Crippen molar-refractivity contribution in [3.63, 3.8) is 0 Å². The Morgan fingerprint density at radius 1 is 1.05 bits per heavy atom. The number of thiophene rings is 1. The fourth-order valence-electron chi connectivity index (χ4n) is 4.84. The van der Waals surface area contributed by atoms with Crippen molar-refractivity contribution in [2.24, 2.45) is 0 Å². The van der Waals surface area contributed by atoms with E-state index in [9.17, 15) is 4.79 Å². The second kappa shape index (κ2) is 11.8. The number of rotatable bonds is 10. The van der Waals surface area contributed by atoms with Gasteiger partial charge in [-0.25, -0.2) is 4.98 Å². The summed E-state index contributed by atoms with van der Waals surface area (Å²) in [7, 11) is 0. The zero-order valence-corrected chi connectivity index (χ0v) is 23.6. The Kier molecular flexibility index (Phi) is 8.24. The number of hydrogen-bond donors (Lipinski definition) is 1. The largest absolute Gasteiger partial charge is 0.490 e. The minimum atomic E-state index is -0.104. The van der Waals surface area contributed by atoms with E-state index in [0.29, 0.717) is 53.6 Å². The lowest BCUT2D eigenvalue weighted by Crippen LogP contribution is -2.12. The van der Waals surface area contributed by atoms with Gasteiger partial charge in [0.25, 0.3) is 5.56 Å². The molecule has 0 aliphatic heterocycles. The molecule has 2 aromatic heterocycles. The monoisotopic (exact) mass is 552 g/mol. The van der Waals surface area contributed by atoms with Gasteiger partial charge in [-0.05, 0) is 80.3 Å². The van der Waals surface area contributed by atoms with Crippen LogP contribution in [0.1, 0.15) is 62.0 Å². The number of nitrogens with zero attached hydrogens (tertiary/aromatic N) is 1. The molecule has 0 saturated heterocycles. The number of ether oxygens (including phenoxy) is 3. The molecule has 0 unspecified atom stereocenters. The molecule has 4 aromatic rings. The van der Waals surface area contributed by atoms with Crippen LogP contribution in [-0.4, -0.2) is 29.8 Å². The molecule has 0 saturated carbocycles. The summed E-state index contributed by atoms with van der Waals surface area (Å²) in [6, 6.07) is 11.8. The van der Waals surface area contributed by atoms with Crippen LogP contribution in [0.4, 0.5) is 0 Å². The summed E-state index contributed by atoms with van der Waals surface area (Å²) in [6.07, 6.45) is 5.34. The first-order valence-corrected chi connectivity index (χ1v) is 14.5. The van der Waals surface area contributed by atoms with Crippen molar-refractivity contribution in [3.8, 4) is 28.6 Å². The van der Waals surface area contributed by atoms with Gasteiger partial charge in [-0.15, -0.1) is 11.3 Å². The van der Waals surface area contributed by atoms with Crippen LogP contribution in [0.15, 0.2) is 41.2 Å². The van der Waals surface area contributed by atoms with Gasteiger partial charge in [-0.2, -0.15) is 0 Å². The number of hydrogen-bond acceptors (Lipinski definition) is 6. The Balaban J connectivity index is 1.32. The molecule has 0 radical (unpaired) electrons. The third kappa shape index (κ3) is 5.54. The van der Waals surface area contributed by atoms with Crippen molar-refractivity contribution in [2.75, 3.05) is 19.8 Å². The summed E-state index contributed by atoms with van der Waals surface area (Å²) in [6.45, 7) is 7.41. The maximum atomic E-state index is 13.0. The molecule has 8 heteroatoms. The average Bonchev–Trinajstić information content (AvgIpc) is 3.31. The predicted molar refractivity (Wildman–Crippen MR) is 155 cm³/mol. The molecular weight excluding hydrogens is 520 g/mol. The lowest BCUT2D eigenvalue weighted by molar-refractivity contribution is 0.208. The van der Waals surface area contributed by atoms with Gasteiger partial charge in [-0.1, -0.05) is 37.6 Å². The summed E-state index contributed by atoms with van der Waals surface area (Å²) in [5.41, 5.74) is 3.04. The van der Waals surface area contributed by atoms with Crippen LogP contribution in [0.3, 0.4) is 0 Å². The number of aryl methyl sites for hydroxylation is 2. The van der Waals surface area contributed by atoms with Crippen LogP contribution in [0.5, 0.6) is 17.2 Å². The van der Waals surface area contributed by atoms with E-state index in [1.165, 1.54) is 16.0 Å². The van der Waals surface area contributed by atoms with Crippen molar-refractivity contribution in [1.82, 2.24) is 9.97 Å². The molecule has 0 amide bonds. The van der Waals surface area contributed by atoms with Crippen LogP contribution < -0.4 is 19.8 Å². The molecule has 2 heterocycles. The number of fused-ring (bicyclic) bond motifs is 3. The van der Waals surface area contributed by atoms with Gasteiger partial charge in [0.1, 0.15) is 29.6 Å². The van der Waals surface area contributed by atoms with Gasteiger partial charge in [0, 0.05) is 10.4 Å². The minimum absolute atomic E-state index is 0.104. The Hall–Kier alpha value is -3.03. The number of H-pyrrole nitrogens is 1. The standard InChI is InChI=1S/C30H33ClN2O4S/c1-4-18(3)19-10-12-21(13-11-19)36-14-15-37-27-23(31)16-20(17-24(27)35-5-2)28-32-29(34)26-22-8-6-7-9-25(22)38-30(26)33-28/h10-13,16-18H,4-9,14-15H2,1-3H3,(H,32,33,34)/t18-/m1/s1. The number of halogens is 1. The number of aromatic amines is 1. The fraction of sp³-hybridized carbons (Fsp3) is 0.400. The van der Waals surface area contributed by atoms with E-state index in [1.807, 2.05) is 25.1 Å². The summed E-state index contributed by atoms with van der Waals surface area (Å²) in [5, 5.41) is 1.12. The molecule has 38 heavy (non-hydrogen) atoms. The molecule has 1 aliphatic carbocycles. The zero-order valence-electron chi connectivity index (χ0n) is 22.1. The van der Waals surface area contributed by atoms with Gasteiger partial charge in [0.2, 0.25) is 0 Å². The Morgan fingerprint density at radius 3 is 2.58 bits per heavy atom. The maximum Gasteiger partial charge on any atom is 0.260 e. The van der Waals surface area contributed by atoms with Crippen LogP contribution in [-0.2, 0) is 12.8 Å². The molecule has 200 valence electrons. The highest BCUT2D eigenvalue weighted by atomic mass is 35.5. The summed E-state index contributed by atoms with van der Waals surface area (Å²) in [5.74, 6) is 2.75. The summed E-state index contributed by atoms with van der Waals surface area (Å²) in [4.78, 5) is 22.9. The third-order valence-corrected chi connectivity index (χ3v) is 8.53. The van der Waals surface area contributed by atoms with Crippen LogP contribution >= 0.6 is 22.9 Å². The van der Waals surface area contributed by atoms with Gasteiger partial charge < -0.3 is 19.2 Å². The number of aromatic nitrogens is 2. The van der Waals surface area contributed by atoms with E-state index in [-0.39, 0.29) is 5.56 Å². The van der Waals surface area contributed by atoms with E-state index >= 15 is 0 Å². The van der Waals surface area contributed by atoms with Crippen molar-refractivity contribution in [1.29, 1.82) is 0 Å². The molecule has 0 bridgehead atoms. The topological polar surface area (TPSA) is 73.4 Å². The highest BCUT2D eigenvalue weighted by Crippen LogP contribution is 2.40. The van der Waals surface area contributed by atoms with Crippen molar-refractivity contribution >= 4 is 33.2 Å². The highest BCUT2D eigenvalue weighted by Gasteiger charge is 2.21. The molecule has 2 aromatic carbocycles. The average molecular weight is 553 g/mol. The van der Waals surface area contributed by atoms with E-state index in [4.69, 9.17) is 30.8 Å². The first kappa shape index (κ1) is 26.6. The Labute approximate surface area is 231 Å². The van der Waals surface area contributed by atoms with Crippen LogP contribution in [0, 0.1) is 0 Å². The number of nitrogens with one attached hydrogen (secondary N) is 1. The van der Waals surface area contributed by atoms with Crippen molar-refractivity contribution in [3.05, 3.63) is 67.8 Å². The SMILES string of the molecule is CCOc1cc(-c2nc3sc4c(c3c(=O)[nH]2)CCCC4)cc(Cl)c1OCCOc1ccc([C@H](C)CC)cc1. The zero-order chi connectivity index (χ0) is 26.6. The molecule has 6 nitrogen and oxygen atoms in total. The van der Waals surface area contributed by atoms with Gasteiger partial charge in [0.15, 0.2) is 11.5 Å². The van der Waals surface area contributed by atoms with Gasteiger partial charge in [0.05, 0.1) is 17.0 Å². The third-order valence-electron chi connectivity index (χ3n) is 7.07. The second-order valence-corrected chi connectivity index (χ2v) is 11.1. The van der Waals surface area contributed by atoms with Crippen molar-refractivity contribution in [2.45, 2.75) is 58.8 Å². The number of benzene rings is 2. The summed E-state index contributed by atoms with van der Waals surface area (Å²) < 4.78 is 17.7. The van der Waals surface area contributed by atoms with Crippen LogP contribution in [0.2, 0.25) is 5.02 Å². The van der Waals surface area contributed by atoms with E-state index in [2.05, 4.69) is 31.0 Å². The lowest BCUT2D eigenvalue weighted by Gasteiger charge is -2.16. The summed E-state index contributed by atoms with van der Waals surface area (Å²) >= 11 is 8.28. The first-order chi connectivity index (χ1) is 18.5. The van der Waals surface area contributed by atoms with Gasteiger partial charge in [-0.3, -0.25) is 4.79 Å². The minimum Gasteiger partial charge on any atom is -0.490 e. The van der Waals surface area contributed by atoms with E-state index < -0.39 is 0 Å². The van der Waals surface area contributed by atoms with E-state index in [1.54, 1.807) is 17.4 Å². The smallest absolute Gasteiger partial charge is 0.260 e. The molecule has 1 aliphatic rings. The van der Waals surface area contributed by atoms with E-state index in [0.717, 1.165) is 48.1 Å². The molecule has 1 atom stereocenters. The molecule has 1 N–H and O–H groups in total. The van der Waals surface area contributed by atoms with Crippen molar-refractivity contribution < 1.29 is 14.2 Å². The molecule has 0 fully saturated rings. The first-order valence-electron chi connectivity index (χ1n) is 13.3. The lowest BCUT2D eigenvalue weighted by atomic mass is 9.97. The fourth-order valence-corrected chi connectivity index (χ4v) is 6.37. The van der Waals surface area contributed by atoms with Crippen LogP contribution in [0.25, 0.3) is 21.6 Å². The predicted octanol–water partition coefficient (Wildman–Crippen LogP) is 7.55. The quantitative estimate of drug-likeness (QED) is 0.206. The Morgan fingerprint density at radius 2 is 1.82 bits per heavy atom. The highest BCUT2D eigenvalue weighted by molar-refractivity contribution is 7.18. The normalized spacial score (nSPS) is 13.8. The van der Waals surface area contributed by atoms with Gasteiger partial charge >= 0.3 is 0 Å². The Bertz CT molecular complexity index is 1480. The molecular formula is C30H33ClN2O4S.